The highest BCUT2D eigenvalue weighted by Crippen LogP contribution is 2.58. The Labute approximate surface area is 128 Å². The molecule has 22 heavy (non-hydrogen) atoms. The molecule has 1 unspecified atom stereocenters. The summed E-state index contributed by atoms with van der Waals surface area (Å²) >= 11 is 0. The van der Waals surface area contributed by atoms with Crippen molar-refractivity contribution < 1.29 is 19.4 Å². The van der Waals surface area contributed by atoms with Gasteiger partial charge in [-0.2, -0.15) is 0 Å². The summed E-state index contributed by atoms with van der Waals surface area (Å²) in [7, 11) is 3.56. The minimum Gasteiger partial charge on any atom is -0.396 e. The quantitative estimate of drug-likeness (QED) is 0.478. The topological polar surface area (TPSA) is 95.9 Å². The molecule has 0 radical (unpaired) electrons. The van der Waals surface area contributed by atoms with Crippen LogP contribution in [0.1, 0.15) is 6.92 Å². The number of methoxy groups -OCH3 is 1. The predicted molar refractivity (Wildman–Crippen MR) is 76.3 cm³/mol. The molecule has 1 aliphatic carbocycles. The van der Waals surface area contributed by atoms with E-state index in [9.17, 15) is 14.7 Å². The van der Waals surface area contributed by atoms with E-state index in [1.165, 1.54) is 0 Å². The van der Waals surface area contributed by atoms with Gasteiger partial charge in [0.2, 0.25) is 11.6 Å². The lowest BCUT2D eigenvalue weighted by Crippen LogP contribution is -2.55. The number of aliphatic hydroxyl groups is 1. The molecule has 3 N–H and O–H groups in total. The smallest absolute Gasteiger partial charge is 0.207 e. The van der Waals surface area contributed by atoms with Crippen LogP contribution >= 0.6 is 0 Å². The van der Waals surface area contributed by atoms with Crippen LogP contribution in [0.3, 0.4) is 0 Å². The van der Waals surface area contributed by atoms with Crippen molar-refractivity contribution in [3.8, 4) is 0 Å². The Kier molecular flexibility index (Phi) is 2.52. The molecule has 118 valence electrons. The van der Waals surface area contributed by atoms with Gasteiger partial charge in [0.15, 0.2) is 5.72 Å². The third kappa shape index (κ3) is 1.21. The molecule has 3 aliphatic heterocycles. The van der Waals surface area contributed by atoms with Crippen LogP contribution in [0.15, 0.2) is 22.5 Å². The molecule has 0 aromatic rings. The fourth-order valence-electron chi connectivity index (χ4n) is 4.59. The largest absolute Gasteiger partial charge is 0.396 e. The van der Waals surface area contributed by atoms with Crippen LogP contribution in [-0.4, -0.2) is 71.6 Å². The van der Waals surface area contributed by atoms with Crippen molar-refractivity contribution in [1.82, 2.24) is 9.80 Å². The van der Waals surface area contributed by atoms with Crippen molar-refractivity contribution in [2.75, 3.05) is 27.3 Å². The number of hydrogen-bond acceptors (Lipinski definition) is 7. The highest BCUT2D eigenvalue weighted by atomic mass is 16.5. The van der Waals surface area contributed by atoms with Crippen LogP contribution in [0, 0.1) is 5.92 Å². The number of likely N-dealkylation sites (N-methyl/N-ethyl adjacent to an activating group) is 1. The first kappa shape index (κ1) is 13.9. The van der Waals surface area contributed by atoms with Gasteiger partial charge in [-0.05, 0) is 14.0 Å². The van der Waals surface area contributed by atoms with Gasteiger partial charge in [-0.3, -0.25) is 14.5 Å². The second-order valence-electron chi connectivity index (χ2n) is 6.44. The zero-order chi connectivity index (χ0) is 16.0. The average Bonchev–Trinajstić information content (AvgIpc) is 2.91. The van der Waals surface area contributed by atoms with E-state index < -0.39 is 11.6 Å². The second-order valence-corrected chi connectivity index (χ2v) is 6.44. The average molecular weight is 305 g/mol. The number of nitrogens with two attached hydrogens (primary N) is 1. The molecule has 4 aliphatic rings. The summed E-state index contributed by atoms with van der Waals surface area (Å²) in [5.74, 6) is -1.14. The van der Waals surface area contributed by atoms with Crippen molar-refractivity contribution in [2.24, 2.45) is 11.7 Å². The van der Waals surface area contributed by atoms with Gasteiger partial charge in [0, 0.05) is 30.8 Å². The number of ketones is 2. The second kappa shape index (κ2) is 3.98. The Bertz CT molecular complexity index is 656. The highest BCUT2D eigenvalue weighted by Gasteiger charge is 2.74. The Balaban J connectivity index is 1.90. The molecule has 4 rings (SSSR count). The minimum atomic E-state index is -0.852. The van der Waals surface area contributed by atoms with E-state index in [4.69, 9.17) is 10.5 Å². The summed E-state index contributed by atoms with van der Waals surface area (Å²) in [4.78, 5) is 29.3. The number of carbonyl (C=O) groups is 2. The Morgan fingerprint density at radius 3 is 2.68 bits per heavy atom. The Morgan fingerprint density at radius 1 is 1.41 bits per heavy atom. The maximum absolute atomic E-state index is 12.7. The van der Waals surface area contributed by atoms with Gasteiger partial charge < -0.3 is 20.5 Å². The first-order valence-electron chi connectivity index (χ1n) is 7.37. The summed E-state index contributed by atoms with van der Waals surface area (Å²) in [5, 5.41) is 9.95. The van der Waals surface area contributed by atoms with Gasteiger partial charge >= 0.3 is 0 Å². The minimum absolute atomic E-state index is 0.0182. The first-order chi connectivity index (χ1) is 10.4. The van der Waals surface area contributed by atoms with E-state index in [-0.39, 0.29) is 41.5 Å². The van der Waals surface area contributed by atoms with E-state index >= 15 is 0 Å². The number of Topliss-reactive ketones (excluding diaryl/α,β-unsaturated/α-hetero) is 2. The summed E-state index contributed by atoms with van der Waals surface area (Å²) in [6.07, 6.45) is 0. The number of ether oxygens (including phenoxy) is 1. The summed E-state index contributed by atoms with van der Waals surface area (Å²) in [6.45, 7) is 1.94. The lowest BCUT2D eigenvalue weighted by atomic mass is 9.82. The molecule has 0 amide bonds. The molecule has 3 heterocycles. The molecule has 5 atom stereocenters. The third-order valence-corrected chi connectivity index (χ3v) is 5.78. The van der Waals surface area contributed by atoms with Crippen LogP contribution in [-0.2, 0) is 14.3 Å². The molecule has 2 fully saturated rings. The Morgan fingerprint density at radius 2 is 2.09 bits per heavy atom. The van der Waals surface area contributed by atoms with E-state index in [0.717, 1.165) is 0 Å². The van der Waals surface area contributed by atoms with Gasteiger partial charge in [0.1, 0.15) is 0 Å². The lowest BCUT2D eigenvalue weighted by molar-refractivity contribution is -0.144. The fraction of sp³-hybridized carbons (Fsp3) is 0.600. The molecule has 0 spiro atoms. The lowest BCUT2D eigenvalue weighted by Gasteiger charge is -2.40. The number of piperazine rings is 1. The Hall–Kier alpha value is -1.70. The number of rotatable bonds is 2. The number of aliphatic hydroxyl groups excluding tert-OH is 1. The van der Waals surface area contributed by atoms with Crippen LogP contribution in [0.5, 0.6) is 0 Å². The zero-order valence-electron chi connectivity index (χ0n) is 12.8. The molecular weight excluding hydrogens is 286 g/mol. The third-order valence-electron chi connectivity index (χ3n) is 5.78. The zero-order valence-corrected chi connectivity index (χ0v) is 12.8. The normalized spacial score (nSPS) is 42.8. The van der Waals surface area contributed by atoms with Crippen molar-refractivity contribution >= 4 is 11.6 Å². The summed E-state index contributed by atoms with van der Waals surface area (Å²) < 4.78 is 5.83. The molecule has 2 saturated heterocycles. The van der Waals surface area contributed by atoms with Gasteiger partial charge in [0.25, 0.3) is 0 Å². The molecule has 0 bridgehead atoms. The van der Waals surface area contributed by atoms with Crippen LogP contribution in [0.4, 0.5) is 0 Å². The predicted octanol–water partition coefficient (Wildman–Crippen LogP) is -1.41. The summed E-state index contributed by atoms with van der Waals surface area (Å²) in [5.41, 5.74) is 5.91. The number of allylic oxidation sites excluding steroid dienone is 2. The SMILES string of the molecule is CO[C@@]12[C@H](CO)C3=C(C(=O)C(C)=C(N)C3=O)N1C[C@H]1[C@@H]2N1C. The van der Waals surface area contributed by atoms with Gasteiger partial charge in [0.05, 0.1) is 30.0 Å². The van der Waals surface area contributed by atoms with E-state index in [1.54, 1.807) is 14.0 Å². The van der Waals surface area contributed by atoms with E-state index in [2.05, 4.69) is 4.90 Å². The molecule has 7 heteroatoms. The molecule has 7 nitrogen and oxygen atoms in total. The first-order valence-corrected chi connectivity index (χ1v) is 7.37. The highest BCUT2D eigenvalue weighted by molar-refractivity contribution is 6.25. The maximum Gasteiger partial charge on any atom is 0.207 e. The van der Waals surface area contributed by atoms with Gasteiger partial charge in [-0.1, -0.05) is 0 Å². The monoisotopic (exact) mass is 305 g/mol. The van der Waals surface area contributed by atoms with Crippen LogP contribution in [0.25, 0.3) is 0 Å². The molecular formula is C15H19N3O4. The maximum atomic E-state index is 12.7. The number of fused-ring (bicyclic) bond motifs is 4. The van der Waals surface area contributed by atoms with Gasteiger partial charge in [-0.25, -0.2) is 0 Å². The van der Waals surface area contributed by atoms with E-state index in [1.807, 2.05) is 11.9 Å². The van der Waals surface area contributed by atoms with Gasteiger partial charge in [-0.15, -0.1) is 0 Å². The number of nitrogens with zero attached hydrogens (tertiary/aromatic N) is 2. The fourth-order valence-corrected chi connectivity index (χ4v) is 4.59. The number of carbonyl (C=O) groups excluding carboxylic acids is 2. The van der Waals surface area contributed by atoms with Crippen LogP contribution in [0.2, 0.25) is 0 Å². The van der Waals surface area contributed by atoms with Crippen molar-refractivity contribution in [3.63, 3.8) is 0 Å². The van der Waals surface area contributed by atoms with E-state index in [0.29, 0.717) is 17.8 Å². The summed E-state index contributed by atoms with van der Waals surface area (Å²) in [6, 6.07) is 0.358. The standard InChI is InChI=1S/C15H19N3O4/c1-6-10(16)13(21)9-7(5-19)15(22-3)14-8(17(14)2)4-18(15)11(9)12(6)20/h7-8,14,19H,4-5,16H2,1-3H3/t7-,8+,14+,15-,17?/m1/s1. The molecule has 0 saturated carbocycles. The molecule has 0 aromatic carbocycles. The molecule has 0 aromatic heterocycles. The number of hydrogen-bond donors (Lipinski definition) is 2. The van der Waals surface area contributed by atoms with Crippen molar-refractivity contribution in [3.05, 3.63) is 22.5 Å². The van der Waals surface area contributed by atoms with Crippen molar-refractivity contribution in [2.45, 2.75) is 24.7 Å². The van der Waals surface area contributed by atoms with Crippen molar-refractivity contribution in [1.29, 1.82) is 0 Å². The van der Waals surface area contributed by atoms with Crippen LogP contribution < -0.4 is 5.73 Å².